The van der Waals surface area contributed by atoms with Gasteiger partial charge in [0.2, 0.25) is 0 Å². The number of carbonyl (C=O) groups is 1. The monoisotopic (exact) mass is 292 g/mol. The Balaban J connectivity index is 1.87. The molecule has 0 atom stereocenters. The van der Waals surface area contributed by atoms with E-state index in [4.69, 9.17) is 11.6 Å². The van der Waals surface area contributed by atoms with Gasteiger partial charge in [-0.3, -0.25) is 4.79 Å². The van der Waals surface area contributed by atoms with E-state index in [1.165, 1.54) is 12.8 Å². The summed E-state index contributed by atoms with van der Waals surface area (Å²) in [6, 6.07) is 7.64. The van der Waals surface area contributed by atoms with E-state index in [2.05, 4.69) is 20.8 Å². The van der Waals surface area contributed by atoms with E-state index in [0.717, 1.165) is 29.3 Å². The summed E-state index contributed by atoms with van der Waals surface area (Å²) in [5, 5.41) is 0.729. The van der Waals surface area contributed by atoms with Crippen LogP contribution in [-0.2, 0) is 11.2 Å². The second-order valence-corrected chi connectivity index (χ2v) is 7.62. The van der Waals surface area contributed by atoms with Gasteiger partial charge in [-0.2, -0.15) is 0 Å². The standard InChI is InChI=1S/C18H25ClO/c1-18(2,3)15-8-6-14(7-9-15)17(20)12-13-4-10-16(19)11-5-13/h4-5,10-11,14-15H,6-9,12H2,1-3H3. The summed E-state index contributed by atoms with van der Waals surface area (Å²) in [5.41, 5.74) is 1.46. The highest BCUT2D eigenvalue weighted by molar-refractivity contribution is 6.30. The fourth-order valence-corrected chi connectivity index (χ4v) is 3.36. The van der Waals surface area contributed by atoms with E-state index in [0.29, 0.717) is 17.6 Å². The van der Waals surface area contributed by atoms with Crippen LogP contribution in [0, 0.1) is 17.3 Å². The molecule has 0 heterocycles. The zero-order chi connectivity index (χ0) is 14.8. The molecule has 0 aromatic heterocycles. The second-order valence-electron chi connectivity index (χ2n) is 7.18. The van der Waals surface area contributed by atoms with Crippen molar-refractivity contribution in [2.24, 2.45) is 17.3 Å². The average molecular weight is 293 g/mol. The molecule has 1 aromatic rings. The third-order valence-corrected chi connectivity index (χ3v) is 4.95. The summed E-state index contributed by atoms with van der Waals surface area (Å²) in [6.07, 6.45) is 5.08. The number of ketones is 1. The van der Waals surface area contributed by atoms with E-state index < -0.39 is 0 Å². The van der Waals surface area contributed by atoms with Crippen molar-refractivity contribution >= 4 is 17.4 Å². The molecule has 1 aliphatic rings. The molecule has 2 rings (SSSR count). The van der Waals surface area contributed by atoms with Gasteiger partial charge >= 0.3 is 0 Å². The number of halogens is 1. The Bertz CT molecular complexity index is 447. The Morgan fingerprint density at radius 2 is 1.65 bits per heavy atom. The van der Waals surface area contributed by atoms with Gasteiger partial charge < -0.3 is 0 Å². The van der Waals surface area contributed by atoms with Crippen LogP contribution in [0.25, 0.3) is 0 Å². The van der Waals surface area contributed by atoms with Gasteiger partial charge in [-0.25, -0.2) is 0 Å². The summed E-state index contributed by atoms with van der Waals surface area (Å²) in [5.74, 6) is 1.44. The van der Waals surface area contributed by atoms with Crippen molar-refractivity contribution in [2.75, 3.05) is 0 Å². The Morgan fingerprint density at radius 3 is 2.15 bits per heavy atom. The molecule has 1 aliphatic carbocycles. The van der Waals surface area contributed by atoms with Crippen LogP contribution in [0.15, 0.2) is 24.3 Å². The largest absolute Gasteiger partial charge is 0.299 e. The lowest BCUT2D eigenvalue weighted by molar-refractivity contribution is -0.123. The summed E-state index contributed by atoms with van der Waals surface area (Å²) < 4.78 is 0. The minimum atomic E-state index is 0.268. The molecule has 0 N–H and O–H groups in total. The van der Waals surface area contributed by atoms with Gasteiger partial charge in [0, 0.05) is 17.4 Å². The number of rotatable bonds is 3. The van der Waals surface area contributed by atoms with Gasteiger partial charge in [0.1, 0.15) is 5.78 Å². The summed E-state index contributed by atoms with van der Waals surface area (Å²) in [7, 11) is 0. The van der Waals surface area contributed by atoms with Gasteiger partial charge in [-0.05, 0) is 54.7 Å². The molecule has 1 saturated carbocycles. The minimum Gasteiger partial charge on any atom is -0.299 e. The van der Waals surface area contributed by atoms with Crippen molar-refractivity contribution < 1.29 is 4.79 Å². The third kappa shape index (κ3) is 4.09. The highest BCUT2D eigenvalue weighted by atomic mass is 35.5. The molecule has 0 spiro atoms. The lowest BCUT2D eigenvalue weighted by Crippen LogP contribution is -2.29. The van der Waals surface area contributed by atoms with Crippen LogP contribution in [-0.4, -0.2) is 5.78 Å². The maximum absolute atomic E-state index is 12.4. The number of hydrogen-bond acceptors (Lipinski definition) is 1. The maximum Gasteiger partial charge on any atom is 0.140 e. The molecule has 2 heteroatoms. The Morgan fingerprint density at radius 1 is 1.10 bits per heavy atom. The third-order valence-electron chi connectivity index (χ3n) is 4.70. The van der Waals surface area contributed by atoms with Crippen LogP contribution >= 0.6 is 11.6 Å². The molecule has 1 fully saturated rings. The van der Waals surface area contributed by atoms with Gasteiger partial charge in [-0.1, -0.05) is 44.5 Å². The number of hydrogen-bond donors (Lipinski definition) is 0. The van der Waals surface area contributed by atoms with Crippen molar-refractivity contribution in [1.29, 1.82) is 0 Å². The molecule has 1 nitrogen and oxygen atoms in total. The van der Waals surface area contributed by atoms with Crippen molar-refractivity contribution in [3.63, 3.8) is 0 Å². The zero-order valence-corrected chi connectivity index (χ0v) is 13.5. The molecule has 0 aliphatic heterocycles. The van der Waals surface area contributed by atoms with Crippen molar-refractivity contribution in [3.8, 4) is 0 Å². The molecular weight excluding hydrogens is 268 g/mol. The van der Waals surface area contributed by atoms with E-state index in [1.54, 1.807) is 0 Å². The molecule has 1 aromatic carbocycles. The predicted molar refractivity (Wildman–Crippen MR) is 85.1 cm³/mol. The van der Waals surface area contributed by atoms with Crippen LogP contribution in [0.5, 0.6) is 0 Å². The average Bonchev–Trinajstić information content (AvgIpc) is 2.40. The summed E-state index contributed by atoms with van der Waals surface area (Å²) in [4.78, 5) is 12.4. The Hall–Kier alpha value is -0.820. The van der Waals surface area contributed by atoms with Gasteiger partial charge in [0.05, 0.1) is 0 Å². The zero-order valence-electron chi connectivity index (χ0n) is 12.8. The van der Waals surface area contributed by atoms with Crippen LogP contribution in [0.2, 0.25) is 5.02 Å². The van der Waals surface area contributed by atoms with Crippen molar-refractivity contribution in [3.05, 3.63) is 34.9 Å². The lowest BCUT2D eigenvalue weighted by atomic mass is 9.69. The van der Waals surface area contributed by atoms with E-state index in [1.807, 2.05) is 24.3 Å². The number of benzene rings is 1. The topological polar surface area (TPSA) is 17.1 Å². The predicted octanol–water partition coefficient (Wildman–Crippen LogP) is 5.30. The molecular formula is C18H25ClO. The first-order chi connectivity index (χ1) is 9.36. The lowest BCUT2D eigenvalue weighted by Gasteiger charge is -2.36. The Kier molecular flexibility index (Phi) is 4.90. The van der Waals surface area contributed by atoms with Crippen LogP contribution in [0.1, 0.15) is 52.0 Å². The van der Waals surface area contributed by atoms with Crippen LogP contribution < -0.4 is 0 Å². The normalized spacial score (nSPS) is 23.6. The molecule has 0 radical (unpaired) electrons. The van der Waals surface area contributed by atoms with Crippen molar-refractivity contribution in [1.82, 2.24) is 0 Å². The highest BCUT2D eigenvalue weighted by Crippen LogP contribution is 2.40. The van der Waals surface area contributed by atoms with Crippen LogP contribution in [0.4, 0.5) is 0 Å². The minimum absolute atomic E-state index is 0.268. The first-order valence-electron chi connectivity index (χ1n) is 7.63. The first-order valence-corrected chi connectivity index (χ1v) is 8.01. The Labute approximate surface area is 127 Å². The molecule has 0 unspecified atom stereocenters. The molecule has 0 saturated heterocycles. The van der Waals surface area contributed by atoms with E-state index >= 15 is 0 Å². The maximum atomic E-state index is 12.4. The fraction of sp³-hybridized carbons (Fsp3) is 0.611. The number of carbonyl (C=O) groups excluding carboxylic acids is 1. The van der Waals surface area contributed by atoms with Gasteiger partial charge in [0.25, 0.3) is 0 Å². The van der Waals surface area contributed by atoms with E-state index in [9.17, 15) is 4.79 Å². The summed E-state index contributed by atoms with van der Waals surface area (Å²) >= 11 is 5.87. The molecule has 110 valence electrons. The smallest absolute Gasteiger partial charge is 0.140 e. The number of Topliss-reactive ketones (excluding diaryl/α,β-unsaturated/α-hetero) is 1. The SMILES string of the molecule is CC(C)(C)C1CCC(C(=O)Cc2ccc(Cl)cc2)CC1. The highest BCUT2D eigenvalue weighted by Gasteiger charge is 2.32. The second kappa shape index (κ2) is 6.30. The first kappa shape index (κ1) is 15.6. The summed E-state index contributed by atoms with van der Waals surface area (Å²) in [6.45, 7) is 6.94. The molecule has 0 bridgehead atoms. The quantitative estimate of drug-likeness (QED) is 0.738. The molecule has 20 heavy (non-hydrogen) atoms. The van der Waals surface area contributed by atoms with Gasteiger partial charge in [-0.15, -0.1) is 0 Å². The van der Waals surface area contributed by atoms with E-state index in [-0.39, 0.29) is 5.92 Å². The molecule has 0 amide bonds. The van der Waals surface area contributed by atoms with Crippen molar-refractivity contribution in [2.45, 2.75) is 52.9 Å². The fourth-order valence-electron chi connectivity index (χ4n) is 3.23. The van der Waals surface area contributed by atoms with Gasteiger partial charge in [0.15, 0.2) is 0 Å². The van der Waals surface area contributed by atoms with Crippen LogP contribution in [0.3, 0.4) is 0 Å².